The Morgan fingerprint density at radius 1 is 0.895 bits per heavy atom. The van der Waals surface area contributed by atoms with E-state index in [4.69, 9.17) is 18.3 Å². The van der Waals surface area contributed by atoms with E-state index in [2.05, 4.69) is 0 Å². The summed E-state index contributed by atoms with van der Waals surface area (Å²) in [6.45, 7) is 8.10. The maximum absolute atomic E-state index is 14.0. The van der Waals surface area contributed by atoms with E-state index in [1.165, 1.54) is 6.92 Å². The molecule has 9 heteroatoms. The highest BCUT2D eigenvalue weighted by atomic mass is 31.2. The van der Waals surface area contributed by atoms with E-state index in [0.29, 0.717) is 16.7 Å². The van der Waals surface area contributed by atoms with Gasteiger partial charge in [-0.1, -0.05) is 74.5 Å². The number of carboxylic acids is 1. The lowest BCUT2D eigenvalue weighted by Crippen LogP contribution is -2.25. The maximum atomic E-state index is 14.0. The molecule has 0 amide bonds. The third kappa shape index (κ3) is 7.78. The van der Waals surface area contributed by atoms with Crippen molar-refractivity contribution < 1.29 is 37.6 Å². The molecule has 3 rings (SSSR count). The van der Waals surface area contributed by atoms with Gasteiger partial charge in [-0.25, -0.2) is 4.57 Å². The summed E-state index contributed by atoms with van der Waals surface area (Å²) in [5, 5.41) is 9.52. The van der Waals surface area contributed by atoms with Crippen molar-refractivity contribution in [3.05, 3.63) is 94.5 Å². The smallest absolute Gasteiger partial charge is 0.481 e. The summed E-state index contributed by atoms with van der Waals surface area (Å²) in [6, 6.07) is 20.0. The molecule has 1 N–H and O–H groups in total. The van der Waals surface area contributed by atoms with Crippen LogP contribution in [-0.2, 0) is 41.8 Å². The molecule has 0 unspecified atom stereocenters. The number of hydrogen-bond donors (Lipinski definition) is 1. The third-order valence-electron chi connectivity index (χ3n) is 5.86. The Kier molecular flexibility index (Phi) is 9.50. The standard InChI is InChI=1S/C29H33O8P/c1-20-16-25(36-22(3)30)27(29(4,5)17-26(31)32)21(2)28(20)37-38(33,34-18-23-12-8-6-9-13-23)35-19-24-14-10-7-11-15-24/h6-16H,17-19H2,1-5H3,(H,31,32). The fourth-order valence-corrected chi connectivity index (χ4v) is 5.57. The van der Waals surface area contributed by atoms with Crippen LogP contribution in [0.2, 0.25) is 0 Å². The molecule has 0 radical (unpaired) electrons. The fourth-order valence-electron chi connectivity index (χ4n) is 4.27. The summed E-state index contributed by atoms with van der Waals surface area (Å²) in [5.74, 6) is -1.14. The molecule has 0 fully saturated rings. The van der Waals surface area contributed by atoms with Gasteiger partial charge in [-0.15, -0.1) is 0 Å². The van der Waals surface area contributed by atoms with E-state index in [0.717, 1.165) is 11.1 Å². The predicted octanol–water partition coefficient (Wildman–Crippen LogP) is 6.90. The van der Waals surface area contributed by atoms with Crippen molar-refractivity contribution in [3.63, 3.8) is 0 Å². The van der Waals surface area contributed by atoms with Gasteiger partial charge in [0, 0.05) is 17.9 Å². The number of ether oxygens (including phenoxy) is 1. The van der Waals surface area contributed by atoms with E-state index in [9.17, 15) is 19.3 Å². The SMILES string of the molecule is CC(=O)Oc1cc(C)c(OP(=O)(OCc2ccccc2)OCc2ccccc2)c(C)c1C(C)(C)CC(=O)O. The molecule has 38 heavy (non-hydrogen) atoms. The second kappa shape index (κ2) is 12.4. The number of aliphatic carboxylic acids is 1. The van der Waals surface area contributed by atoms with E-state index >= 15 is 0 Å². The third-order valence-corrected chi connectivity index (χ3v) is 7.16. The molecular weight excluding hydrogens is 507 g/mol. The van der Waals surface area contributed by atoms with Gasteiger partial charge in [-0.3, -0.25) is 18.6 Å². The van der Waals surface area contributed by atoms with Gasteiger partial charge in [0.2, 0.25) is 0 Å². The van der Waals surface area contributed by atoms with Gasteiger partial charge in [-0.2, -0.15) is 0 Å². The fraction of sp³-hybridized carbons (Fsp3) is 0.310. The van der Waals surface area contributed by atoms with Crippen molar-refractivity contribution in [2.75, 3.05) is 0 Å². The van der Waals surface area contributed by atoms with Gasteiger partial charge in [0.25, 0.3) is 0 Å². The Balaban J connectivity index is 2.04. The van der Waals surface area contributed by atoms with Gasteiger partial charge in [0.15, 0.2) is 0 Å². The van der Waals surface area contributed by atoms with Crippen LogP contribution in [0.1, 0.15) is 55.0 Å². The highest BCUT2D eigenvalue weighted by molar-refractivity contribution is 7.48. The molecule has 202 valence electrons. The summed E-state index contributed by atoms with van der Waals surface area (Å²) in [4.78, 5) is 23.5. The first-order chi connectivity index (χ1) is 17.9. The molecule has 0 atom stereocenters. The summed E-state index contributed by atoms with van der Waals surface area (Å²) in [7, 11) is -4.19. The Morgan fingerprint density at radius 3 is 1.84 bits per heavy atom. The van der Waals surface area contributed by atoms with Crippen LogP contribution in [0.15, 0.2) is 66.7 Å². The maximum Gasteiger partial charge on any atom is 0.530 e. The lowest BCUT2D eigenvalue weighted by molar-refractivity contribution is -0.138. The Labute approximate surface area is 223 Å². The van der Waals surface area contributed by atoms with E-state index in [-0.39, 0.29) is 31.1 Å². The molecule has 0 aromatic heterocycles. The van der Waals surface area contributed by atoms with E-state index in [1.807, 2.05) is 60.7 Å². The second-order valence-electron chi connectivity index (χ2n) is 9.63. The average molecular weight is 541 g/mol. The molecule has 0 saturated heterocycles. The normalized spacial score (nSPS) is 11.7. The molecule has 0 bridgehead atoms. The van der Waals surface area contributed by atoms with Gasteiger partial charge in [0.1, 0.15) is 11.5 Å². The van der Waals surface area contributed by atoms with Crippen LogP contribution in [0.25, 0.3) is 0 Å². The van der Waals surface area contributed by atoms with Gasteiger partial charge in [0.05, 0.1) is 19.6 Å². The highest BCUT2D eigenvalue weighted by Crippen LogP contribution is 2.54. The van der Waals surface area contributed by atoms with Crippen molar-refractivity contribution >= 4 is 19.8 Å². The molecule has 0 heterocycles. The minimum absolute atomic E-state index is 0.0199. The van der Waals surface area contributed by atoms with Crippen LogP contribution in [-0.4, -0.2) is 17.0 Å². The predicted molar refractivity (Wildman–Crippen MR) is 143 cm³/mol. The van der Waals surface area contributed by atoms with Crippen molar-refractivity contribution in [1.82, 2.24) is 0 Å². The van der Waals surface area contributed by atoms with E-state index < -0.39 is 25.2 Å². The molecular formula is C29H33O8P. The number of phosphoric ester groups is 1. The van der Waals surface area contributed by atoms with Crippen molar-refractivity contribution in [2.45, 2.75) is 59.7 Å². The topological polar surface area (TPSA) is 108 Å². The number of aryl methyl sites for hydroxylation is 1. The number of phosphoric acid groups is 1. The highest BCUT2D eigenvalue weighted by Gasteiger charge is 2.36. The number of carbonyl (C=O) groups is 2. The monoisotopic (exact) mass is 540 g/mol. The van der Waals surface area contributed by atoms with E-state index in [1.54, 1.807) is 33.8 Å². The number of carbonyl (C=O) groups excluding carboxylic acids is 1. The molecule has 0 spiro atoms. The van der Waals surface area contributed by atoms with Crippen LogP contribution >= 0.6 is 7.82 Å². The first-order valence-electron chi connectivity index (χ1n) is 12.1. The largest absolute Gasteiger partial charge is 0.530 e. The Hall–Kier alpha value is -3.45. The summed E-state index contributed by atoms with van der Waals surface area (Å²) in [6.07, 6.45) is -0.239. The molecule has 0 saturated carbocycles. The van der Waals surface area contributed by atoms with Crippen LogP contribution < -0.4 is 9.26 Å². The molecule has 3 aromatic rings. The van der Waals surface area contributed by atoms with Crippen molar-refractivity contribution in [3.8, 4) is 11.5 Å². The molecule has 3 aromatic carbocycles. The lowest BCUT2D eigenvalue weighted by atomic mass is 9.78. The van der Waals surface area contributed by atoms with Gasteiger partial charge >= 0.3 is 19.8 Å². The number of esters is 1. The zero-order valence-corrected chi connectivity index (χ0v) is 23.1. The minimum atomic E-state index is -4.19. The number of hydrogen-bond acceptors (Lipinski definition) is 7. The molecule has 0 aliphatic rings. The molecule has 8 nitrogen and oxygen atoms in total. The second-order valence-corrected chi connectivity index (χ2v) is 11.2. The van der Waals surface area contributed by atoms with Crippen LogP contribution in [0, 0.1) is 13.8 Å². The number of rotatable bonds is 12. The number of benzene rings is 3. The average Bonchev–Trinajstić information content (AvgIpc) is 2.84. The minimum Gasteiger partial charge on any atom is -0.481 e. The quantitative estimate of drug-likeness (QED) is 0.150. The summed E-state index contributed by atoms with van der Waals surface area (Å²) >= 11 is 0. The van der Waals surface area contributed by atoms with Crippen LogP contribution in [0.4, 0.5) is 0 Å². The molecule has 0 aliphatic carbocycles. The summed E-state index contributed by atoms with van der Waals surface area (Å²) in [5.41, 5.74) is 2.04. The van der Waals surface area contributed by atoms with Gasteiger partial charge < -0.3 is 14.4 Å². The van der Waals surface area contributed by atoms with Crippen LogP contribution in [0.5, 0.6) is 11.5 Å². The van der Waals surface area contributed by atoms with Gasteiger partial charge in [-0.05, 0) is 42.2 Å². The first kappa shape index (κ1) is 29.1. The summed E-state index contributed by atoms with van der Waals surface area (Å²) < 4.78 is 37.0. The first-order valence-corrected chi connectivity index (χ1v) is 13.6. The lowest BCUT2D eigenvalue weighted by Gasteiger charge is -2.30. The van der Waals surface area contributed by atoms with Crippen LogP contribution in [0.3, 0.4) is 0 Å². The molecule has 0 aliphatic heterocycles. The Bertz CT molecular complexity index is 1270. The van der Waals surface area contributed by atoms with Crippen molar-refractivity contribution in [2.24, 2.45) is 0 Å². The van der Waals surface area contributed by atoms with Crippen molar-refractivity contribution in [1.29, 1.82) is 0 Å². The zero-order chi connectivity index (χ0) is 27.9. The Morgan fingerprint density at radius 2 is 1.39 bits per heavy atom. The number of carboxylic acid groups (broad SMARTS) is 1. The zero-order valence-electron chi connectivity index (χ0n) is 22.2.